The van der Waals surface area contributed by atoms with E-state index in [1.807, 2.05) is 27.7 Å². The maximum atomic E-state index is 11.6. The number of amides is 1. The van der Waals surface area contributed by atoms with Crippen LogP contribution in [0.1, 0.15) is 27.7 Å². The molecule has 1 rings (SSSR count). The highest BCUT2D eigenvalue weighted by atomic mass is 16.6. The third-order valence-electron chi connectivity index (χ3n) is 3.24. The minimum Gasteiger partial charge on any atom is -0.494 e. The fourth-order valence-electron chi connectivity index (χ4n) is 1.59. The maximum absolute atomic E-state index is 11.6. The summed E-state index contributed by atoms with van der Waals surface area (Å²) in [5.41, 5.74) is 0. The van der Waals surface area contributed by atoms with Gasteiger partial charge in [-0.05, 0) is 44.0 Å². The van der Waals surface area contributed by atoms with Crippen molar-refractivity contribution >= 4 is 11.9 Å². The molecule has 6 nitrogen and oxygen atoms in total. The molecule has 0 unspecified atom stereocenters. The predicted octanol–water partition coefficient (Wildman–Crippen LogP) is 2.17. The highest BCUT2D eigenvalue weighted by molar-refractivity contribution is 5.81. The van der Waals surface area contributed by atoms with Crippen molar-refractivity contribution < 1.29 is 23.8 Å². The zero-order valence-electron chi connectivity index (χ0n) is 14.1. The Morgan fingerprint density at radius 2 is 1.57 bits per heavy atom. The van der Waals surface area contributed by atoms with Gasteiger partial charge in [-0.3, -0.25) is 4.79 Å². The molecule has 0 aliphatic rings. The van der Waals surface area contributed by atoms with Crippen molar-refractivity contribution in [3.63, 3.8) is 0 Å². The van der Waals surface area contributed by atoms with Gasteiger partial charge < -0.3 is 19.5 Å². The van der Waals surface area contributed by atoms with Gasteiger partial charge in [-0.1, -0.05) is 13.8 Å². The predicted molar refractivity (Wildman–Crippen MR) is 86.5 cm³/mol. The van der Waals surface area contributed by atoms with E-state index in [0.29, 0.717) is 18.3 Å². The molecule has 1 N–H and O–H groups in total. The van der Waals surface area contributed by atoms with Crippen LogP contribution in [0.15, 0.2) is 24.3 Å². The van der Waals surface area contributed by atoms with Crippen molar-refractivity contribution in [2.75, 3.05) is 19.8 Å². The molecule has 6 heteroatoms. The molecule has 0 fully saturated rings. The number of hydrogen-bond acceptors (Lipinski definition) is 5. The Morgan fingerprint density at radius 1 is 1.00 bits per heavy atom. The van der Waals surface area contributed by atoms with Gasteiger partial charge in [0.25, 0.3) is 5.91 Å². The second kappa shape index (κ2) is 9.71. The lowest BCUT2D eigenvalue weighted by atomic mass is 10.1. The van der Waals surface area contributed by atoms with Gasteiger partial charge in [-0.15, -0.1) is 0 Å². The van der Waals surface area contributed by atoms with Crippen LogP contribution in [0.3, 0.4) is 0 Å². The summed E-state index contributed by atoms with van der Waals surface area (Å²) in [7, 11) is 0. The van der Waals surface area contributed by atoms with E-state index >= 15 is 0 Å². The molecule has 0 spiro atoms. The quantitative estimate of drug-likeness (QED) is 0.705. The molecule has 0 aliphatic carbocycles. The third-order valence-corrected chi connectivity index (χ3v) is 3.24. The molecule has 0 saturated carbocycles. The Morgan fingerprint density at radius 3 is 2.09 bits per heavy atom. The van der Waals surface area contributed by atoms with Crippen molar-refractivity contribution in [1.29, 1.82) is 0 Å². The van der Waals surface area contributed by atoms with Crippen LogP contribution in [0.4, 0.5) is 0 Å². The van der Waals surface area contributed by atoms with Crippen LogP contribution >= 0.6 is 0 Å². The summed E-state index contributed by atoms with van der Waals surface area (Å²) in [5.74, 6) is 0.672. The SMILES string of the molecule is CCOc1ccc(OCC(=O)OCC(=O)N[C@@H](C)C(C)C)cc1. The number of nitrogens with one attached hydrogen (secondary N) is 1. The molecule has 23 heavy (non-hydrogen) atoms. The van der Waals surface area contributed by atoms with E-state index in [1.165, 1.54) is 0 Å². The minimum atomic E-state index is -0.591. The van der Waals surface area contributed by atoms with Crippen LogP contribution in [0.5, 0.6) is 11.5 Å². The Hall–Kier alpha value is -2.24. The first-order valence-corrected chi connectivity index (χ1v) is 7.73. The highest BCUT2D eigenvalue weighted by Gasteiger charge is 2.13. The van der Waals surface area contributed by atoms with Crippen LogP contribution in [0, 0.1) is 5.92 Å². The molecule has 128 valence electrons. The molecule has 0 heterocycles. The Balaban J connectivity index is 2.27. The average molecular weight is 323 g/mol. The van der Waals surface area contributed by atoms with Gasteiger partial charge in [0.15, 0.2) is 13.2 Å². The number of esters is 1. The van der Waals surface area contributed by atoms with E-state index in [0.717, 1.165) is 5.75 Å². The van der Waals surface area contributed by atoms with Gasteiger partial charge in [-0.25, -0.2) is 4.79 Å². The third kappa shape index (κ3) is 7.54. The summed E-state index contributed by atoms with van der Waals surface area (Å²) in [5, 5.41) is 2.76. The van der Waals surface area contributed by atoms with Crippen LogP contribution in [0.2, 0.25) is 0 Å². The van der Waals surface area contributed by atoms with E-state index in [1.54, 1.807) is 24.3 Å². The summed E-state index contributed by atoms with van der Waals surface area (Å²) in [6.45, 7) is 7.84. The number of hydrogen-bond donors (Lipinski definition) is 1. The molecule has 0 aromatic heterocycles. The second-order valence-electron chi connectivity index (χ2n) is 5.45. The van der Waals surface area contributed by atoms with E-state index < -0.39 is 5.97 Å². The summed E-state index contributed by atoms with van der Waals surface area (Å²) >= 11 is 0. The zero-order valence-corrected chi connectivity index (χ0v) is 14.1. The standard InChI is InChI=1S/C17H25NO5/c1-5-21-14-6-8-15(9-7-14)22-11-17(20)23-10-16(19)18-13(4)12(2)3/h6-9,12-13H,5,10-11H2,1-4H3,(H,18,19)/t13-/m0/s1. The molecule has 0 radical (unpaired) electrons. The van der Waals surface area contributed by atoms with Crippen molar-refractivity contribution in [1.82, 2.24) is 5.32 Å². The smallest absolute Gasteiger partial charge is 0.344 e. The van der Waals surface area contributed by atoms with Crippen molar-refractivity contribution in [2.24, 2.45) is 5.92 Å². The molecular formula is C17H25NO5. The van der Waals surface area contributed by atoms with Crippen molar-refractivity contribution in [3.05, 3.63) is 24.3 Å². The lowest BCUT2D eigenvalue weighted by Gasteiger charge is -2.17. The normalized spacial score (nSPS) is 11.7. The summed E-state index contributed by atoms with van der Waals surface area (Å²) in [6.07, 6.45) is 0. The lowest BCUT2D eigenvalue weighted by Crippen LogP contribution is -2.39. The van der Waals surface area contributed by atoms with Gasteiger partial charge in [0, 0.05) is 6.04 Å². The largest absolute Gasteiger partial charge is 0.494 e. The first kappa shape index (κ1) is 18.8. The topological polar surface area (TPSA) is 73.9 Å². The molecule has 1 amide bonds. The summed E-state index contributed by atoms with van der Waals surface area (Å²) < 4.78 is 15.5. The fraction of sp³-hybridized carbons (Fsp3) is 0.529. The van der Waals surface area contributed by atoms with E-state index in [2.05, 4.69) is 5.32 Å². The van der Waals surface area contributed by atoms with Gasteiger partial charge >= 0.3 is 5.97 Å². The molecule has 0 bridgehead atoms. The van der Waals surface area contributed by atoms with E-state index in [-0.39, 0.29) is 25.2 Å². The number of carbonyl (C=O) groups excluding carboxylic acids is 2. The van der Waals surface area contributed by atoms with Gasteiger partial charge in [0.2, 0.25) is 0 Å². The summed E-state index contributed by atoms with van der Waals surface area (Å²) in [4.78, 5) is 23.2. The van der Waals surface area contributed by atoms with E-state index in [9.17, 15) is 9.59 Å². The molecule has 0 saturated heterocycles. The molecule has 1 atom stereocenters. The monoisotopic (exact) mass is 323 g/mol. The van der Waals surface area contributed by atoms with Gasteiger partial charge in [0.1, 0.15) is 11.5 Å². The minimum absolute atomic E-state index is 0.0290. The Labute approximate surface area is 137 Å². The molecular weight excluding hydrogens is 298 g/mol. The number of ether oxygens (including phenoxy) is 3. The first-order valence-electron chi connectivity index (χ1n) is 7.73. The highest BCUT2D eigenvalue weighted by Crippen LogP contribution is 2.17. The first-order chi connectivity index (χ1) is 10.9. The van der Waals surface area contributed by atoms with Gasteiger partial charge in [-0.2, -0.15) is 0 Å². The number of benzene rings is 1. The lowest BCUT2D eigenvalue weighted by molar-refractivity contribution is -0.150. The average Bonchev–Trinajstić information content (AvgIpc) is 2.52. The van der Waals surface area contributed by atoms with Crippen molar-refractivity contribution in [2.45, 2.75) is 33.7 Å². The van der Waals surface area contributed by atoms with E-state index in [4.69, 9.17) is 14.2 Å². The Bertz CT molecular complexity index is 498. The van der Waals surface area contributed by atoms with Crippen LogP contribution < -0.4 is 14.8 Å². The molecule has 0 aliphatic heterocycles. The van der Waals surface area contributed by atoms with Crippen LogP contribution in [-0.2, 0) is 14.3 Å². The molecule has 1 aromatic rings. The summed E-state index contributed by atoms with van der Waals surface area (Å²) in [6, 6.07) is 6.95. The van der Waals surface area contributed by atoms with Crippen LogP contribution in [0.25, 0.3) is 0 Å². The number of carbonyl (C=O) groups is 2. The second-order valence-corrected chi connectivity index (χ2v) is 5.45. The number of rotatable bonds is 9. The maximum Gasteiger partial charge on any atom is 0.344 e. The van der Waals surface area contributed by atoms with Crippen LogP contribution in [-0.4, -0.2) is 37.7 Å². The van der Waals surface area contributed by atoms with Gasteiger partial charge in [0.05, 0.1) is 6.61 Å². The molecule has 1 aromatic carbocycles. The fourth-order valence-corrected chi connectivity index (χ4v) is 1.59. The Kier molecular flexibility index (Phi) is 7.94. The zero-order chi connectivity index (χ0) is 17.2. The van der Waals surface area contributed by atoms with Crippen molar-refractivity contribution in [3.8, 4) is 11.5 Å².